The van der Waals surface area contributed by atoms with Crippen LogP contribution in [0.1, 0.15) is 19.3 Å². The van der Waals surface area contributed by atoms with E-state index in [2.05, 4.69) is 53.1 Å². The van der Waals surface area contributed by atoms with Crippen LogP contribution in [0.5, 0.6) is 0 Å². The normalized spacial score (nSPS) is 14.5. The first-order valence-corrected chi connectivity index (χ1v) is 10.3. The summed E-state index contributed by atoms with van der Waals surface area (Å²) >= 11 is 3.67. The minimum atomic E-state index is 0.841. The number of rotatable bonds is 3. The van der Waals surface area contributed by atoms with Crippen LogP contribution in [0.2, 0.25) is 0 Å². The first-order chi connectivity index (χ1) is 13.8. The molecule has 0 bridgehead atoms. The van der Waals surface area contributed by atoms with Crippen molar-refractivity contribution in [3.63, 3.8) is 0 Å². The molecule has 4 aromatic rings. The van der Waals surface area contributed by atoms with Gasteiger partial charge in [-0.1, -0.05) is 0 Å². The molecule has 1 N–H and O–H groups in total. The fourth-order valence-corrected chi connectivity index (χ4v) is 4.15. The number of fused-ring (bicyclic) bond motifs is 1. The van der Waals surface area contributed by atoms with Crippen LogP contribution in [0.25, 0.3) is 33.5 Å². The molecule has 5 heterocycles. The van der Waals surface area contributed by atoms with Gasteiger partial charge in [-0.05, 0) is 65.5 Å². The third-order valence-electron chi connectivity index (χ3n) is 5.13. The van der Waals surface area contributed by atoms with Crippen LogP contribution in [0.3, 0.4) is 0 Å². The number of nitrogens with zero attached hydrogens (tertiary/aromatic N) is 5. The number of piperidine rings is 1. The zero-order valence-electron chi connectivity index (χ0n) is 15.3. The molecule has 1 aliphatic heterocycles. The first-order valence-electron chi connectivity index (χ1n) is 9.46. The van der Waals surface area contributed by atoms with Crippen molar-refractivity contribution in [2.75, 3.05) is 18.0 Å². The summed E-state index contributed by atoms with van der Waals surface area (Å²) in [4.78, 5) is 16.0. The predicted octanol–water partition coefficient (Wildman–Crippen LogP) is 4.83. The number of hydrogen-bond acceptors (Lipinski definition) is 5. The van der Waals surface area contributed by atoms with E-state index in [4.69, 9.17) is 4.98 Å². The molecule has 4 aromatic heterocycles. The second-order valence-electron chi connectivity index (χ2n) is 6.98. The summed E-state index contributed by atoms with van der Waals surface area (Å²) in [6.07, 6.45) is 9.12. The Bertz CT molecular complexity index is 1120. The van der Waals surface area contributed by atoms with Crippen molar-refractivity contribution in [2.45, 2.75) is 19.3 Å². The van der Waals surface area contributed by atoms with Gasteiger partial charge in [0, 0.05) is 36.4 Å². The Labute approximate surface area is 171 Å². The average molecular weight is 435 g/mol. The van der Waals surface area contributed by atoms with Crippen LogP contribution in [-0.2, 0) is 0 Å². The van der Waals surface area contributed by atoms with Crippen LogP contribution in [0.4, 0.5) is 5.82 Å². The highest BCUT2D eigenvalue weighted by atomic mass is 79.9. The molecular formula is C21H19BrN6. The van der Waals surface area contributed by atoms with Gasteiger partial charge in [0.25, 0.3) is 0 Å². The molecule has 140 valence electrons. The average Bonchev–Trinajstić information content (AvgIpc) is 3.19. The van der Waals surface area contributed by atoms with E-state index in [1.165, 1.54) is 19.3 Å². The van der Waals surface area contributed by atoms with E-state index in [9.17, 15) is 0 Å². The summed E-state index contributed by atoms with van der Waals surface area (Å²) in [6.45, 7) is 2.09. The summed E-state index contributed by atoms with van der Waals surface area (Å²) in [6, 6.07) is 10.1. The van der Waals surface area contributed by atoms with Gasteiger partial charge in [-0.3, -0.25) is 15.1 Å². The molecule has 5 rings (SSSR count). The van der Waals surface area contributed by atoms with E-state index in [-0.39, 0.29) is 0 Å². The highest BCUT2D eigenvalue weighted by molar-refractivity contribution is 9.10. The molecule has 0 aliphatic carbocycles. The van der Waals surface area contributed by atoms with Gasteiger partial charge >= 0.3 is 0 Å². The molecule has 28 heavy (non-hydrogen) atoms. The van der Waals surface area contributed by atoms with Crippen molar-refractivity contribution in [2.24, 2.45) is 0 Å². The van der Waals surface area contributed by atoms with Gasteiger partial charge in [0.1, 0.15) is 11.5 Å². The van der Waals surface area contributed by atoms with Crippen molar-refractivity contribution in [3.05, 3.63) is 53.4 Å². The van der Waals surface area contributed by atoms with Gasteiger partial charge in [0.05, 0.1) is 27.6 Å². The molecule has 0 unspecified atom stereocenters. The molecule has 1 fully saturated rings. The minimum absolute atomic E-state index is 0.841. The Kier molecular flexibility index (Phi) is 4.52. The quantitative estimate of drug-likeness (QED) is 0.499. The van der Waals surface area contributed by atoms with Crippen LogP contribution in [0.15, 0.2) is 53.4 Å². The van der Waals surface area contributed by atoms with Crippen LogP contribution >= 0.6 is 15.9 Å². The maximum Gasteiger partial charge on any atom is 0.143 e. The van der Waals surface area contributed by atoms with E-state index < -0.39 is 0 Å². The molecular weight excluding hydrogens is 416 g/mol. The first kappa shape index (κ1) is 17.3. The summed E-state index contributed by atoms with van der Waals surface area (Å²) < 4.78 is 1.02. The zero-order chi connectivity index (χ0) is 18.9. The third kappa shape index (κ3) is 3.16. The molecule has 0 amide bonds. The highest BCUT2D eigenvalue weighted by Crippen LogP contribution is 2.32. The summed E-state index contributed by atoms with van der Waals surface area (Å²) in [5.41, 5.74) is 4.45. The minimum Gasteiger partial charge on any atom is -0.356 e. The molecule has 6 nitrogen and oxygen atoms in total. The van der Waals surface area contributed by atoms with Crippen LogP contribution < -0.4 is 4.90 Å². The topological polar surface area (TPSA) is 70.6 Å². The lowest BCUT2D eigenvalue weighted by Gasteiger charge is -2.28. The number of aromatic nitrogens is 5. The molecule has 1 aliphatic rings. The van der Waals surface area contributed by atoms with Crippen LogP contribution in [-0.4, -0.2) is 38.2 Å². The summed E-state index contributed by atoms with van der Waals surface area (Å²) in [5, 5.41) is 8.63. The van der Waals surface area contributed by atoms with E-state index in [0.29, 0.717) is 0 Å². The van der Waals surface area contributed by atoms with Crippen molar-refractivity contribution in [1.29, 1.82) is 0 Å². The monoisotopic (exact) mass is 434 g/mol. The van der Waals surface area contributed by atoms with Crippen LogP contribution in [0, 0.1) is 0 Å². The van der Waals surface area contributed by atoms with Gasteiger partial charge in [0.15, 0.2) is 0 Å². The van der Waals surface area contributed by atoms with E-state index in [0.717, 1.165) is 56.9 Å². The van der Waals surface area contributed by atoms with Crippen molar-refractivity contribution in [1.82, 2.24) is 25.1 Å². The lowest BCUT2D eigenvalue weighted by atomic mass is 10.1. The fraction of sp³-hybridized carbons (Fsp3) is 0.238. The largest absolute Gasteiger partial charge is 0.356 e. The number of hydrogen-bond donors (Lipinski definition) is 1. The third-order valence-corrected chi connectivity index (χ3v) is 5.75. The molecule has 0 aromatic carbocycles. The predicted molar refractivity (Wildman–Crippen MR) is 114 cm³/mol. The summed E-state index contributed by atoms with van der Waals surface area (Å²) in [5.74, 6) is 0.995. The van der Waals surface area contributed by atoms with Gasteiger partial charge in [0.2, 0.25) is 0 Å². The van der Waals surface area contributed by atoms with Crippen molar-refractivity contribution < 1.29 is 0 Å². The smallest absolute Gasteiger partial charge is 0.143 e. The van der Waals surface area contributed by atoms with E-state index in [1.54, 1.807) is 6.20 Å². The van der Waals surface area contributed by atoms with Gasteiger partial charge in [-0.25, -0.2) is 4.98 Å². The Morgan fingerprint density at radius 3 is 2.71 bits per heavy atom. The standard InChI is InChI=1S/C21H19BrN6/c22-16-6-7-17(25-21(16)28-9-2-1-3-10-28)20-15-11-18(14-5-4-8-23-12-14)24-13-19(15)26-27-20/h4-8,11-13H,1-3,9-10H2,(H,26,27). The lowest BCUT2D eigenvalue weighted by Crippen LogP contribution is -2.30. The van der Waals surface area contributed by atoms with E-state index in [1.807, 2.05) is 30.6 Å². The second-order valence-corrected chi connectivity index (χ2v) is 7.83. The Balaban J connectivity index is 1.59. The van der Waals surface area contributed by atoms with Crippen molar-refractivity contribution >= 4 is 32.7 Å². The molecule has 0 atom stereocenters. The molecule has 7 heteroatoms. The number of pyridine rings is 3. The number of H-pyrrole nitrogens is 1. The molecule has 1 saturated heterocycles. The highest BCUT2D eigenvalue weighted by Gasteiger charge is 2.18. The summed E-state index contributed by atoms with van der Waals surface area (Å²) in [7, 11) is 0. The molecule has 0 spiro atoms. The second kappa shape index (κ2) is 7.31. The molecule has 0 radical (unpaired) electrons. The Morgan fingerprint density at radius 1 is 1.00 bits per heavy atom. The Hall–Kier alpha value is -2.80. The fourth-order valence-electron chi connectivity index (χ4n) is 3.67. The van der Waals surface area contributed by atoms with Gasteiger partial charge in [-0.15, -0.1) is 0 Å². The van der Waals surface area contributed by atoms with E-state index >= 15 is 0 Å². The SMILES string of the molecule is Brc1ccc(-c2n[nH]c3cnc(-c4cccnc4)cc23)nc1N1CCCCC1. The number of anilines is 1. The number of nitrogens with one attached hydrogen (secondary N) is 1. The number of aromatic amines is 1. The maximum atomic E-state index is 4.95. The lowest BCUT2D eigenvalue weighted by molar-refractivity contribution is 0.573. The maximum absolute atomic E-state index is 4.95. The van der Waals surface area contributed by atoms with Gasteiger partial charge < -0.3 is 4.90 Å². The zero-order valence-corrected chi connectivity index (χ0v) is 16.9. The number of halogens is 1. The van der Waals surface area contributed by atoms with Crippen molar-refractivity contribution in [3.8, 4) is 22.6 Å². The molecule has 0 saturated carbocycles. The van der Waals surface area contributed by atoms with Gasteiger partial charge in [-0.2, -0.15) is 5.10 Å². The Morgan fingerprint density at radius 2 is 1.89 bits per heavy atom.